The molecule has 1 heterocycles. The molecule has 1 aliphatic rings. The van der Waals surface area contributed by atoms with Gasteiger partial charge in [0.25, 0.3) is 0 Å². The van der Waals surface area contributed by atoms with E-state index >= 15 is 0 Å². The number of rotatable bonds is 9. The van der Waals surface area contributed by atoms with E-state index in [0.29, 0.717) is 23.2 Å². The van der Waals surface area contributed by atoms with Gasteiger partial charge in [0, 0.05) is 42.9 Å². The molecule has 1 aromatic rings. The lowest BCUT2D eigenvalue weighted by molar-refractivity contribution is 0.0424. The van der Waals surface area contributed by atoms with Crippen molar-refractivity contribution in [2.45, 2.75) is 32.3 Å². The van der Waals surface area contributed by atoms with Crippen LogP contribution in [0.4, 0.5) is 0 Å². The second kappa shape index (κ2) is 11.6. The van der Waals surface area contributed by atoms with Crippen LogP contribution in [0.25, 0.3) is 0 Å². The lowest BCUT2D eigenvalue weighted by atomic mass is 10.1. The number of guanidine groups is 1. The molecule has 1 aliphatic heterocycles. The zero-order valence-electron chi connectivity index (χ0n) is 14.7. The molecule has 0 amide bonds. The van der Waals surface area contributed by atoms with E-state index in [4.69, 9.17) is 32.7 Å². The highest BCUT2D eigenvalue weighted by Gasteiger charge is 2.15. The molecule has 0 spiro atoms. The van der Waals surface area contributed by atoms with Gasteiger partial charge in [-0.15, -0.1) is 0 Å². The first kappa shape index (κ1) is 20.3. The van der Waals surface area contributed by atoms with Crippen LogP contribution in [0, 0.1) is 0 Å². The van der Waals surface area contributed by atoms with Gasteiger partial charge in [0.2, 0.25) is 0 Å². The van der Waals surface area contributed by atoms with Crippen molar-refractivity contribution >= 4 is 29.2 Å². The van der Waals surface area contributed by atoms with E-state index in [-0.39, 0.29) is 6.10 Å². The van der Waals surface area contributed by atoms with Crippen LogP contribution in [-0.2, 0) is 15.9 Å². The quantitative estimate of drug-likeness (QED) is 0.387. The largest absolute Gasteiger partial charge is 0.379 e. The monoisotopic (exact) mass is 387 g/mol. The van der Waals surface area contributed by atoms with Crippen molar-refractivity contribution in [1.82, 2.24) is 10.6 Å². The number of aliphatic imine (C=N–C) groups is 1. The number of benzene rings is 1. The molecule has 140 valence electrons. The zero-order chi connectivity index (χ0) is 17.9. The molecule has 1 saturated heterocycles. The van der Waals surface area contributed by atoms with Gasteiger partial charge in [-0.2, -0.15) is 0 Å². The topological polar surface area (TPSA) is 54.9 Å². The predicted molar refractivity (Wildman–Crippen MR) is 104 cm³/mol. The van der Waals surface area contributed by atoms with Crippen LogP contribution in [0.1, 0.15) is 25.3 Å². The SMILES string of the molecule is CCNC(=NCCCOC1CCOC1)NCCc1c(Cl)cccc1Cl. The number of hydrogen-bond donors (Lipinski definition) is 2. The number of hydrogen-bond acceptors (Lipinski definition) is 3. The van der Waals surface area contributed by atoms with Crippen molar-refractivity contribution in [3.63, 3.8) is 0 Å². The van der Waals surface area contributed by atoms with E-state index in [2.05, 4.69) is 15.6 Å². The van der Waals surface area contributed by atoms with Crippen molar-refractivity contribution in [1.29, 1.82) is 0 Å². The number of nitrogens with zero attached hydrogens (tertiary/aromatic N) is 1. The molecule has 5 nitrogen and oxygen atoms in total. The summed E-state index contributed by atoms with van der Waals surface area (Å²) in [5.74, 6) is 0.801. The molecule has 1 aromatic carbocycles. The summed E-state index contributed by atoms with van der Waals surface area (Å²) in [6.07, 6.45) is 2.89. The van der Waals surface area contributed by atoms with Gasteiger partial charge in [0.1, 0.15) is 0 Å². The van der Waals surface area contributed by atoms with Gasteiger partial charge in [-0.1, -0.05) is 29.3 Å². The molecule has 7 heteroatoms. The van der Waals surface area contributed by atoms with E-state index in [1.165, 1.54) is 0 Å². The Balaban J connectivity index is 1.69. The number of ether oxygens (including phenoxy) is 2. The molecule has 0 aliphatic carbocycles. The van der Waals surface area contributed by atoms with Crippen LogP contribution >= 0.6 is 23.2 Å². The summed E-state index contributed by atoms with van der Waals surface area (Å²) in [6, 6.07) is 5.57. The Morgan fingerprint density at radius 2 is 2.12 bits per heavy atom. The zero-order valence-corrected chi connectivity index (χ0v) is 16.2. The predicted octanol–water partition coefficient (Wildman–Crippen LogP) is 3.29. The Morgan fingerprint density at radius 1 is 1.32 bits per heavy atom. The smallest absolute Gasteiger partial charge is 0.191 e. The van der Waals surface area contributed by atoms with Crippen molar-refractivity contribution < 1.29 is 9.47 Å². The van der Waals surface area contributed by atoms with Crippen LogP contribution in [0.2, 0.25) is 10.0 Å². The summed E-state index contributed by atoms with van der Waals surface area (Å²) in [5, 5.41) is 7.96. The lowest BCUT2D eigenvalue weighted by Crippen LogP contribution is -2.38. The van der Waals surface area contributed by atoms with Crippen molar-refractivity contribution in [3.05, 3.63) is 33.8 Å². The van der Waals surface area contributed by atoms with Crippen LogP contribution in [-0.4, -0.2) is 51.5 Å². The minimum absolute atomic E-state index is 0.260. The van der Waals surface area contributed by atoms with Crippen molar-refractivity contribution in [2.75, 3.05) is 39.5 Å². The lowest BCUT2D eigenvalue weighted by Gasteiger charge is -2.13. The second-order valence-electron chi connectivity index (χ2n) is 5.85. The molecule has 2 rings (SSSR count). The van der Waals surface area contributed by atoms with Crippen LogP contribution in [0.15, 0.2) is 23.2 Å². The number of nitrogens with one attached hydrogen (secondary N) is 2. The summed E-state index contributed by atoms with van der Waals surface area (Å²) in [6.45, 7) is 6.54. The Labute approximate surface area is 160 Å². The standard InChI is InChI=1S/C18H27Cl2N3O2/c1-2-21-18(22-9-4-11-25-14-8-12-24-13-14)23-10-7-15-16(19)5-3-6-17(15)20/h3,5-6,14H,2,4,7-13H2,1H3,(H2,21,22,23). The molecule has 1 fully saturated rings. The summed E-state index contributed by atoms with van der Waals surface area (Å²) in [4.78, 5) is 4.57. The summed E-state index contributed by atoms with van der Waals surface area (Å²) in [7, 11) is 0. The van der Waals surface area contributed by atoms with Crippen molar-refractivity contribution in [2.24, 2.45) is 4.99 Å². The molecule has 25 heavy (non-hydrogen) atoms. The van der Waals surface area contributed by atoms with Crippen LogP contribution < -0.4 is 10.6 Å². The highest BCUT2D eigenvalue weighted by Crippen LogP contribution is 2.24. The normalized spacial score (nSPS) is 17.7. The van der Waals surface area contributed by atoms with E-state index in [9.17, 15) is 0 Å². The van der Waals surface area contributed by atoms with Gasteiger partial charge in [0.15, 0.2) is 5.96 Å². The third kappa shape index (κ3) is 7.40. The van der Waals surface area contributed by atoms with Gasteiger partial charge < -0.3 is 20.1 Å². The highest BCUT2D eigenvalue weighted by molar-refractivity contribution is 6.35. The Morgan fingerprint density at radius 3 is 2.80 bits per heavy atom. The van der Waals surface area contributed by atoms with E-state index < -0.39 is 0 Å². The first-order chi connectivity index (χ1) is 12.2. The highest BCUT2D eigenvalue weighted by atomic mass is 35.5. The first-order valence-electron chi connectivity index (χ1n) is 8.85. The van der Waals surface area contributed by atoms with Gasteiger partial charge in [-0.05, 0) is 43.9 Å². The molecule has 2 N–H and O–H groups in total. The summed E-state index contributed by atoms with van der Waals surface area (Å²) < 4.78 is 11.0. The molecule has 0 aromatic heterocycles. The maximum atomic E-state index is 6.20. The molecular formula is C18H27Cl2N3O2. The Kier molecular flexibility index (Phi) is 9.40. The third-order valence-electron chi connectivity index (χ3n) is 3.89. The molecule has 0 bridgehead atoms. The molecule has 1 atom stereocenters. The average molecular weight is 388 g/mol. The molecule has 0 radical (unpaired) electrons. The molecule has 0 saturated carbocycles. The maximum Gasteiger partial charge on any atom is 0.191 e. The maximum absolute atomic E-state index is 6.20. The van der Waals surface area contributed by atoms with E-state index in [1.54, 1.807) is 0 Å². The molecular weight excluding hydrogens is 361 g/mol. The molecule has 1 unspecified atom stereocenters. The Hall–Kier alpha value is -1.01. The van der Waals surface area contributed by atoms with Crippen LogP contribution in [0.3, 0.4) is 0 Å². The minimum atomic E-state index is 0.260. The van der Waals surface area contributed by atoms with Gasteiger partial charge in [-0.3, -0.25) is 4.99 Å². The summed E-state index contributed by atoms with van der Waals surface area (Å²) >= 11 is 12.4. The average Bonchev–Trinajstić information content (AvgIpc) is 3.10. The van der Waals surface area contributed by atoms with Gasteiger partial charge in [-0.25, -0.2) is 0 Å². The van der Waals surface area contributed by atoms with Gasteiger partial charge in [0.05, 0.1) is 12.7 Å². The van der Waals surface area contributed by atoms with E-state index in [1.807, 2.05) is 25.1 Å². The number of halogens is 2. The van der Waals surface area contributed by atoms with Crippen LogP contribution in [0.5, 0.6) is 0 Å². The fraction of sp³-hybridized carbons (Fsp3) is 0.611. The fourth-order valence-electron chi connectivity index (χ4n) is 2.57. The van der Waals surface area contributed by atoms with Gasteiger partial charge >= 0.3 is 0 Å². The summed E-state index contributed by atoms with van der Waals surface area (Å²) in [5.41, 5.74) is 0.960. The Bertz CT molecular complexity index is 529. The third-order valence-corrected chi connectivity index (χ3v) is 4.60. The fourth-order valence-corrected chi connectivity index (χ4v) is 3.15. The van der Waals surface area contributed by atoms with E-state index in [0.717, 1.165) is 57.1 Å². The second-order valence-corrected chi connectivity index (χ2v) is 6.66. The first-order valence-corrected chi connectivity index (χ1v) is 9.60. The minimum Gasteiger partial charge on any atom is -0.379 e. The van der Waals surface area contributed by atoms with Crippen molar-refractivity contribution in [3.8, 4) is 0 Å².